The Morgan fingerprint density at radius 3 is 2.52 bits per heavy atom. The Morgan fingerprint density at radius 2 is 1.80 bits per heavy atom. The Labute approximate surface area is 269 Å². The zero-order valence-electron chi connectivity index (χ0n) is 26.2. The standard InChI is InChI=1S/C35H41N9O2/c1-43-23-28(22-40-43)26-11-17-32(37-20-26)44(35(46)39-19-24-6-3-2-4-7-24)30-14-12-29(13-15-30)41-34-38-21-27(18-36)33(42-34)25-8-5-9-31(45)16-10-25/h2-4,6-7,11,17,20-23,25,29-31,45H,5,8-10,12-16,19H2,1H3,(H,39,46)(H,38,41,42). The fourth-order valence-electron chi connectivity index (χ4n) is 6.66. The summed E-state index contributed by atoms with van der Waals surface area (Å²) in [4.78, 5) is 29.6. The number of anilines is 2. The van der Waals surface area contributed by atoms with Crippen molar-refractivity contribution in [1.29, 1.82) is 5.26 Å². The molecule has 2 amide bonds. The summed E-state index contributed by atoms with van der Waals surface area (Å²) in [7, 11) is 1.88. The second-order valence-corrected chi connectivity index (χ2v) is 12.4. The van der Waals surface area contributed by atoms with Crippen LogP contribution in [0.4, 0.5) is 16.6 Å². The predicted octanol–water partition coefficient (Wildman–Crippen LogP) is 5.69. The van der Waals surface area contributed by atoms with Crippen LogP contribution in [0.3, 0.4) is 0 Å². The highest BCUT2D eigenvalue weighted by Gasteiger charge is 2.31. The van der Waals surface area contributed by atoms with Crippen LogP contribution in [-0.4, -0.2) is 54.1 Å². The average molecular weight is 620 g/mol. The summed E-state index contributed by atoms with van der Waals surface area (Å²) in [5.41, 5.74) is 4.24. The number of nitrogens with zero attached hydrogens (tertiary/aromatic N) is 7. The van der Waals surface area contributed by atoms with Crippen molar-refractivity contribution in [3.8, 4) is 17.2 Å². The Bertz CT molecular complexity index is 1640. The lowest BCUT2D eigenvalue weighted by Crippen LogP contribution is -2.49. The molecule has 11 heteroatoms. The van der Waals surface area contributed by atoms with Crippen LogP contribution < -0.4 is 15.5 Å². The van der Waals surface area contributed by atoms with Crippen molar-refractivity contribution in [2.24, 2.45) is 7.05 Å². The molecule has 6 rings (SSSR count). The van der Waals surface area contributed by atoms with Crippen molar-refractivity contribution < 1.29 is 9.90 Å². The number of hydrogen-bond acceptors (Lipinski definition) is 8. The van der Waals surface area contributed by atoms with Gasteiger partial charge in [-0.25, -0.2) is 19.7 Å². The van der Waals surface area contributed by atoms with Crippen molar-refractivity contribution >= 4 is 17.8 Å². The number of nitriles is 1. The van der Waals surface area contributed by atoms with Gasteiger partial charge in [0.25, 0.3) is 0 Å². The SMILES string of the molecule is Cn1cc(-c2ccc(N(C(=O)NCc3ccccc3)C3CCC(Nc4ncc(C#N)c(C5CCCC(O)CC5)n4)CC3)nc2)cn1. The summed E-state index contributed by atoms with van der Waals surface area (Å²) in [6.07, 6.45) is 14.3. The number of pyridine rings is 1. The van der Waals surface area contributed by atoms with E-state index in [4.69, 9.17) is 9.97 Å². The largest absolute Gasteiger partial charge is 0.393 e. The number of aryl methyl sites for hydroxylation is 1. The zero-order chi connectivity index (χ0) is 31.9. The van der Waals surface area contributed by atoms with Crippen LogP contribution in [0, 0.1) is 11.3 Å². The molecule has 2 unspecified atom stereocenters. The number of hydrogen-bond donors (Lipinski definition) is 3. The first-order valence-electron chi connectivity index (χ1n) is 16.2. The van der Waals surface area contributed by atoms with E-state index in [1.54, 1.807) is 23.3 Å². The summed E-state index contributed by atoms with van der Waals surface area (Å²) in [5.74, 6) is 1.29. The quantitative estimate of drug-likeness (QED) is 0.213. The maximum Gasteiger partial charge on any atom is 0.323 e. The molecular weight excluding hydrogens is 578 g/mol. The minimum absolute atomic E-state index is 0.0274. The minimum atomic E-state index is -0.278. The average Bonchev–Trinajstić information content (AvgIpc) is 3.41. The molecule has 0 spiro atoms. The lowest BCUT2D eigenvalue weighted by Gasteiger charge is -2.36. The Balaban J connectivity index is 1.14. The molecule has 1 aromatic carbocycles. The smallest absolute Gasteiger partial charge is 0.323 e. The number of aliphatic hydroxyl groups excluding tert-OH is 1. The number of nitrogens with one attached hydrogen (secondary N) is 2. The number of urea groups is 1. The van der Waals surface area contributed by atoms with Crippen LogP contribution in [0.1, 0.15) is 80.5 Å². The first-order chi connectivity index (χ1) is 22.5. The van der Waals surface area contributed by atoms with Crippen molar-refractivity contribution in [2.45, 2.75) is 88.4 Å². The monoisotopic (exact) mass is 619 g/mol. The Hall–Kier alpha value is -4.82. The molecule has 0 aliphatic heterocycles. The molecule has 11 nitrogen and oxygen atoms in total. The normalized spacial score (nSPS) is 21.5. The first kappa shape index (κ1) is 31.2. The predicted molar refractivity (Wildman–Crippen MR) is 176 cm³/mol. The van der Waals surface area contributed by atoms with Gasteiger partial charge in [0.05, 0.1) is 29.8 Å². The van der Waals surface area contributed by atoms with Crippen LogP contribution in [0.5, 0.6) is 0 Å². The molecule has 2 aliphatic rings. The number of rotatable bonds is 8. The topological polar surface area (TPSA) is 145 Å². The third kappa shape index (κ3) is 7.51. The van der Waals surface area contributed by atoms with Gasteiger partial charge >= 0.3 is 6.03 Å². The molecule has 3 aromatic heterocycles. The van der Waals surface area contributed by atoms with Gasteiger partial charge in [-0.05, 0) is 69.1 Å². The molecule has 46 heavy (non-hydrogen) atoms. The molecule has 0 bridgehead atoms. The van der Waals surface area contributed by atoms with Crippen molar-refractivity contribution in [2.75, 3.05) is 10.2 Å². The maximum atomic E-state index is 13.7. The molecule has 238 valence electrons. The van der Waals surface area contributed by atoms with Gasteiger partial charge in [-0.15, -0.1) is 0 Å². The van der Waals surface area contributed by atoms with E-state index >= 15 is 0 Å². The molecule has 4 aromatic rings. The van der Waals surface area contributed by atoms with Crippen LogP contribution in [0.25, 0.3) is 11.1 Å². The number of aliphatic hydroxyl groups is 1. The number of carbonyl (C=O) groups is 1. The van der Waals surface area contributed by atoms with Crippen molar-refractivity contribution in [3.63, 3.8) is 0 Å². The minimum Gasteiger partial charge on any atom is -0.393 e. The third-order valence-corrected chi connectivity index (χ3v) is 9.20. The number of benzene rings is 1. The van der Waals surface area contributed by atoms with Crippen LogP contribution in [0.2, 0.25) is 0 Å². The highest BCUT2D eigenvalue weighted by atomic mass is 16.3. The lowest BCUT2D eigenvalue weighted by molar-refractivity contribution is 0.157. The van der Waals surface area contributed by atoms with Crippen LogP contribution in [0.15, 0.2) is 67.3 Å². The van der Waals surface area contributed by atoms with E-state index < -0.39 is 0 Å². The molecule has 0 saturated heterocycles. The second-order valence-electron chi connectivity index (χ2n) is 12.4. The van der Waals surface area contributed by atoms with E-state index in [2.05, 4.69) is 26.8 Å². The Morgan fingerprint density at radius 1 is 0.978 bits per heavy atom. The van der Waals surface area contributed by atoms with Crippen LogP contribution in [-0.2, 0) is 13.6 Å². The van der Waals surface area contributed by atoms with Gasteiger partial charge in [-0.1, -0.05) is 36.8 Å². The number of carbonyl (C=O) groups excluding carboxylic acids is 1. The van der Waals surface area contributed by atoms with Gasteiger partial charge in [0.15, 0.2) is 0 Å². The van der Waals surface area contributed by atoms with Crippen LogP contribution >= 0.6 is 0 Å². The second kappa shape index (κ2) is 14.5. The first-order valence-corrected chi connectivity index (χ1v) is 16.2. The molecule has 2 aliphatic carbocycles. The van der Waals surface area contributed by atoms with Gasteiger partial charge in [-0.3, -0.25) is 9.58 Å². The molecule has 2 fully saturated rings. The molecule has 3 N–H and O–H groups in total. The molecular formula is C35H41N9O2. The fraction of sp³-hybridized carbons (Fsp3) is 0.429. The van der Waals surface area contributed by atoms with E-state index in [0.717, 1.165) is 80.2 Å². The van der Waals surface area contributed by atoms with E-state index in [-0.39, 0.29) is 30.1 Å². The van der Waals surface area contributed by atoms with E-state index in [1.807, 2.05) is 60.6 Å². The van der Waals surface area contributed by atoms with Crippen molar-refractivity contribution in [1.82, 2.24) is 30.0 Å². The third-order valence-electron chi connectivity index (χ3n) is 9.20. The molecule has 2 saturated carbocycles. The summed E-state index contributed by atoms with van der Waals surface area (Å²) in [5, 5.41) is 30.7. The Kier molecular flexibility index (Phi) is 9.84. The van der Waals surface area contributed by atoms with Crippen molar-refractivity contribution in [3.05, 3.63) is 84.1 Å². The van der Waals surface area contributed by atoms with Gasteiger partial charge in [0.2, 0.25) is 5.95 Å². The fourth-order valence-corrected chi connectivity index (χ4v) is 6.66. The van der Waals surface area contributed by atoms with Gasteiger partial charge in [0.1, 0.15) is 11.9 Å². The summed E-state index contributed by atoms with van der Waals surface area (Å²) < 4.78 is 1.76. The van der Waals surface area contributed by atoms with Gasteiger partial charge < -0.3 is 15.7 Å². The highest BCUT2D eigenvalue weighted by Crippen LogP contribution is 2.34. The molecule has 3 heterocycles. The van der Waals surface area contributed by atoms with E-state index in [1.165, 1.54) is 0 Å². The lowest BCUT2D eigenvalue weighted by atomic mass is 9.90. The summed E-state index contributed by atoms with van der Waals surface area (Å²) >= 11 is 0. The summed E-state index contributed by atoms with van der Waals surface area (Å²) in [6.45, 7) is 0.430. The summed E-state index contributed by atoms with van der Waals surface area (Å²) in [6, 6.07) is 16.0. The highest BCUT2D eigenvalue weighted by molar-refractivity contribution is 5.91. The van der Waals surface area contributed by atoms with Gasteiger partial charge in [-0.2, -0.15) is 10.4 Å². The number of amides is 2. The molecule has 0 radical (unpaired) electrons. The zero-order valence-corrected chi connectivity index (χ0v) is 26.2. The maximum absolute atomic E-state index is 13.7. The van der Waals surface area contributed by atoms with E-state index in [9.17, 15) is 15.2 Å². The number of aromatic nitrogens is 5. The molecule has 2 atom stereocenters. The van der Waals surface area contributed by atoms with Gasteiger partial charge in [0, 0.05) is 55.1 Å². The van der Waals surface area contributed by atoms with E-state index in [0.29, 0.717) is 23.9 Å².